The number of aliphatic hydroxyl groups excluding tert-OH is 1. The monoisotopic (exact) mass is 424 g/mol. The van der Waals surface area contributed by atoms with E-state index in [4.69, 9.17) is 5.26 Å². The van der Waals surface area contributed by atoms with Crippen LogP contribution in [0.5, 0.6) is 0 Å². The summed E-state index contributed by atoms with van der Waals surface area (Å²) in [5.41, 5.74) is 5.70. The van der Waals surface area contributed by atoms with E-state index < -0.39 is 0 Å². The molecule has 6 nitrogen and oxygen atoms in total. The smallest absolute Gasteiger partial charge is 0.227 e. The third-order valence-corrected chi connectivity index (χ3v) is 6.64. The van der Waals surface area contributed by atoms with E-state index >= 15 is 0 Å². The maximum absolute atomic E-state index is 13.3. The normalized spacial score (nSPS) is 21.2. The van der Waals surface area contributed by atoms with Crippen molar-refractivity contribution in [2.75, 3.05) is 18.5 Å². The van der Waals surface area contributed by atoms with Crippen LogP contribution >= 0.6 is 0 Å². The number of pyridine rings is 1. The largest absolute Gasteiger partial charge is 0.394 e. The van der Waals surface area contributed by atoms with Crippen molar-refractivity contribution in [1.82, 2.24) is 9.88 Å². The van der Waals surface area contributed by atoms with Crippen molar-refractivity contribution >= 4 is 11.6 Å². The van der Waals surface area contributed by atoms with Crippen LogP contribution in [0.4, 0.5) is 5.69 Å². The van der Waals surface area contributed by atoms with Crippen LogP contribution in [0.15, 0.2) is 67.0 Å². The first-order chi connectivity index (χ1) is 15.7. The summed E-state index contributed by atoms with van der Waals surface area (Å²) in [7, 11) is 0. The van der Waals surface area contributed by atoms with Crippen LogP contribution in [-0.2, 0) is 11.2 Å². The number of nitrogens with one attached hydrogen (secondary N) is 1. The maximum atomic E-state index is 13.3. The van der Waals surface area contributed by atoms with E-state index in [1.54, 1.807) is 12.4 Å². The van der Waals surface area contributed by atoms with Crippen LogP contribution in [0.3, 0.4) is 0 Å². The Morgan fingerprint density at radius 2 is 1.88 bits per heavy atom. The number of anilines is 1. The molecule has 1 aromatic heterocycles. The number of hydrogen-bond donors (Lipinski definition) is 2. The number of benzene rings is 2. The molecule has 2 aliphatic heterocycles. The summed E-state index contributed by atoms with van der Waals surface area (Å²) in [6.07, 6.45) is 4.61. The minimum Gasteiger partial charge on any atom is -0.394 e. The Kier molecular flexibility index (Phi) is 5.34. The van der Waals surface area contributed by atoms with Crippen LogP contribution in [0.1, 0.15) is 29.2 Å². The molecule has 160 valence electrons. The van der Waals surface area contributed by atoms with Gasteiger partial charge >= 0.3 is 0 Å². The molecule has 32 heavy (non-hydrogen) atoms. The third kappa shape index (κ3) is 3.61. The molecule has 0 aliphatic carbocycles. The van der Waals surface area contributed by atoms with E-state index in [9.17, 15) is 9.90 Å². The fraction of sp³-hybridized carbons (Fsp3) is 0.269. The van der Waals surface area contributed by atoms with Gasteiger partial charge in [0.15, 0.2) is 0 Å². The Balaban J connectivity index is 1.50. The molecule has 3 atom stereocenters. The fourth-order valence-corrected chi connectivity index (χ4v) is 5.04. The molecule has 1 saturated heterocycles. The van der Waals surface area contributed by atoms with E-state index in [1.165, 1.54) is 0 Å². The lowest BCUT2D eigenvalue weighted by Gasteiger charge is -2.39. The maximum Gasteiger partial charge on any atom is 0.227 e. The van der Waals surface area contributed by atoms with Gasteiger partial charge in [-0.15, -0.1) is 0 Å². The summed E-state index contributed by atoms with van der Waals surface area (Å²) < 4.78 is 0. The van der Waals surface area contributed by atoms with E-state index in [0.717, 1.165) is 34.4 Å². The highest BCUT2D eigenvalue weighted by Gasteiger charge is 2.45. The molecule has 3 heterocycles. The average Bonchev–Trinajstić information content (AvgIpc) is 3.30. The van der Waals surface area contributed by atoms with E-state index in [1.807, 2.05) is 53.4 Å². The van der Waals surface area contributed by atoms with Crippen LogP contribution in [0, 0.1) is 17.2 Å². The molecule has 3 aromatic rings. The lowest BCUT2D eigenvalue weighted by Crippen LogP contribution is -2.43. The number of amides is 1. The first-order valence-corrected chi connectivity index (χ1v) is 10.9. The van der Waals surface area contributed by atoms with Crippen molar-refractivity contribution in [2.24, 2.45) is 5.92 Å². The summed E-state index contributed by atoms with van der Waals surface area (Å²) >= 11 is 0. The first-order valence-electron chi connectivity index (χ1n) is 10.9. The predicted molar refractivity (Wildman–Crippen MR) is 122 cm³/mol. The molecule has 0 saturated carbocycles. The van der Waals surface area contributed by atoms with Gasteiger partial charge in [0.2, 0.25) is 5.91 Å². The molecule has 0 spiro atoms. The molecule has 0 unspecified atom stereocenters. The zero-order valence-electron chi connectivity index (χ0n) is 17.6. The van der Waals surface area contributed by atoms with Crippen molar-refractivity contribution in [2.45, 2.75) is 24.9 Å². The highest BCUT2D eigenvalue weighted by molar-refractivity contribution is 5.81. The van der Waals surface area contributed by atoms with Gasteiger partial charge in [0, 0.05) is 30.5 Å². The summed E-state index contributed by atoms with van der Waals surface area (Å²) in [6.45, 7) is 0.711. The lowest BCUT2D eigenvalue weighted by molar-refractivity contribution is -0.131. The Labute approximate surface area is 187 Å². The zero-order chi connectivity index (χ0) is 22.1. The van der Waals surface area contributed by atoms with E-state index in [-0.39, 0.29) is 30.5 Å². The number of fused-ring (bicyclic) bond motifs is 3. The molecule has 2 aliphatic rings. The number of nitrogens with zero attached hydrogens (tertiary/aromatic N) is 3. The number of hydrogen-bond acceptors (Lipinski definition) is 5. The SMILES string of the molecule is N#Cc1ccc(-c2ccc3c(c2)[C@@H]2[C@@H](CCN2C(=O)Cc2ccncc2)[C@@H](CO)N3)cc1. The molecule has 0 bridgehead atoms. The van der Waals surface area contributed by atoms with Crippen LogP contribution in [0.2, 0.25) is 0 Å². The summed E-state index contributed by atoms with van der Waals surface area (Å²) in [6, 6.07) is 19.5. The summed E-state index contributed by atoms with van der Waals surface area (Å²) in [5, 5.41) is 22.6. The van der Waals surface area contributed by atoms with Crippen molar-refractivity contribution < 1.29 is 9.90 Å². The van der Waals surface area contributed by atoms with Crippen molar-refractivity contribution in [3.05, 3.63) is 83.7 Å². The minimum absolute atomic E-state index is 0.0321. The highest BCUT2D eigenvalue weighted by Crippen LogP contribution is 2.47. The molecule has 6 heteroatoms. The van der Waals surface area contributed by atoms with Crippen molar-refractivity contribution in [3.8, 4) is 17.2 Å². The average molecular weight is 425 g/mol. The number of carbonyl (C=O) groups is 1. The van der Waals surface area contributed by atoms with E-state index in [2.05, 4.69) is 22.4 Å². The van der Waals surface area contributed by atoms with Crippen LogP contribution in [-0.4, -0.2) is 40.1 Å². The second-order valence-electron chi connectivity index (χ2n) is 8.44. The van der Waals surface area contributed by atoms with Gasteiger partial charge in [-0.05, 0) is 65.1 Å². The zero-order valence-corrected chi connectivity index (χ0v) is 17.6. The van der Waals surface area contributed by atoms with Gasteiger partial charge in [-0.1, -0.05) is 18.2 Å². The summed E-state index contributed by atoms with van der Waals surface area (Å²) in [4.78, 5) is 19.3. The molecule has 1 amide bonds. The van der Waals surface area contributed by atoms with Gasteiger partial charge in [0.1, 0.15) is 0 Å². The minimum atomic E-state index is -0.0769. The molecular formula is C26H24N4O2. The third-order valence-electron chi connectivity index (χ3n) is 6.64. The van der Waals surface area contributed by atoms with Gasteiger partial charge in [-0.25, -0.2) is 0 Å². The Morgan fingerprint density at radius 3 is 2.59 bits per heavy atom. The second-order valence-corrected chi connectivity index (χ2v) is 8.44. The van der Waals surface area contributed by atoms with Gasteiger partial charge < -0.3 is 15.3 Å². The topological polar surface area (TPSA) is 89.2 Å². The molecule has 2 N–H and O–H groups in total. The number of carbonyl (C=O) groups excluding carboxylic acids is 1. The Bertz CT molecular complexity index is 1170. The predicted octanol–water partition coefficient (Wildman–Crippen LogP) is 3.54. The van der Waals surface area contributed by atoms with Gasteiger partial charge in [0.25, 0.3) is 0 Å². The number of aliphatic hydroxyl groups is 1. The molecule has 1 fully saturated rings. The fourth-order valence-electron chi connectivity index (χ4n) is 5.04. The number of rotatable bonds is 4. The Hall–Kier alpha value is -3.69. The number of likely N-dealkylation sites (tertiary alicyclic amines) is 1. The lowest BCUT2D eigenvalue weighted by atomic mass is 9.82. The molecular weight excluding hydrogens is 400 g/mol. The van der Waals surface area contributed by atoms with Crippen LogP contribution < -0.4 is 5.32 Å². The van der Waals surface area contributed by atoms with Gasteiger partial charge in [-0.3, -0.25) is 9.78 Å². The number of aromatic nitrogens is 1. The summed E-state index contributed by atoms with van der Waals surface area (Å²) in [5.74, 6) is 0.252. The highest BCUT2D eigenvalue weighted by atomic mass is 16.3. The van der Waals surface area contributed by atoms with E-state index in [0.29, 0.717) is 18.5 Å². The molecule has 0 radical (unpaired) electrons. The Morgan fingerprint density at radius 1 is 1.12 bits per heavy atom. The first kappa shape index (κ1) is 20.2. The standard InChI is InChI=1S/C26H24N4O2/c27-15-18-1-3-19(4-2-18)20-5-6-23-22(14-20)26-21(24(16-31)29-23)9-12-30(26)25(32)13-17-7-10-28-11-8-17/h1-8,10-11,14,21,24,26,29,31H,9,12-13,16H2/t21-,24+,26-/m0/s1. The van der Waals surface area contributed by atoms with Gasteiger partial charge in [-0.2, -0.15) is 5.26 Å². The molecule has 2 aromatic carbocycles. The molecule has 5 rings (SSSR count). The van der Waals surface area contributed by atoms with Crippen molar-refractivity contribution in [3.63, 3.8) is 0 Å². The van der Waals surface area contributed by atoms with Crippen LogP contribution in [0.25, 0.3) is 11.1 Å². The number of nitriles is 1. The second kappa shape index (κ2) is 8.45. The van der Waals surface area contributed by atoms with Gasteiger partial charge in [0.05, 0.1) is 36.7 Å². The quantitative estimate of drug-likeness (QED) is 0.669. The van der Waals surface area contributed by atoms with Crippen molar-refractivity contribution in [1.29, 1.82) is 5.26 Å².